The van der Waals surface area contributed by atoms with E-state index in [4.69, 9.17) is 17.0 Å². The Labute approximate surface area is 235 Å². The summed E-state index contributed by atoms with van der Waals surface area (Å²) >= 11 is -3.91. The second-order valence-electron chi connectivity index (χ2n) is 11.7. The number of allylic oxidation sites excluding steroid dienone is 1. The van der Waals surface area contributed by atoms with Gasteiger partial charge >= 0.3 is 237 Å². The summed E-state index contributed by atoms with van der Waals surface area (Å²) in [4.78, 5) is 0. The molecule has 0 spiro atoms. The molecule has 1 aliphatic heterocycles. The van der Waals surface area contributed by atoms with Crippen molar-refractivity contribution in [1.82, 2.24) is 0 Å². The molecule has 0 saturated heterocycles. The van der Waals surface area contributed by atoms with Crippen LogP contribution in [0.5, 0.6) is 0 Å². The minimum absolute atomic E-state index is 0.0202. The molecule has 1 aliphatic carbocycles. The molecule has 4 aromatic carbocycles. The van der Waals surface area contributed by atoms with Crippen LogP contribution in [0.15, 0.2) is 84.4 Å². The van der Waals surface area contributed by atoms with Crippen molar-refractivity contribution in [2.24, 2.45) is 0 Å². The Morgan fingerprint density at radius 2 is 1.43 bits per heavy atom. The van der Waals surface area contributed by atoms with Crippen LogP contribution in [0, 0.1) is 6.92 Å². The molecule has 37 heavy (non-hydrogen) atoms. The third kappa shape index (κ3) is 4.11. The molecule has 6 rings (SSSR count). The summed E-state index contributed by atoms with van der Waals surface area (Å²) in [7, 11) is 14.9. The van der Waals surface area contributed by atoms with Gasteiger partial charge in [0.2, 0.25) is 0 Å². The van der Waals surface area contributed by atoms with Crippen LogP contribution >= 0.6 is 17.0 Å². The number of rotatable bonds is 3. The van der Waals surface area contributed by atoms with Gasteiger partial charge in [-0.05, 0) is 0 Å². The maximum absolute atomic E-state index is 7.73. The van der Waals surface area contributed by atoms with Crippen molar-refractivity contribution in [2.75, 3.05) is 0 Å². The molecular formula is C33H32Cl2SiZr. The third-order valence-corrected chi connectivity index (χ3v) is 22.8. The molecule has 2 aliphatic rings. The summed E-state index contributed by atoms with van der Waals surface area (Å²) in [6.07, 6.45) is 2.39. The summed E-state index contributed by atoms with van der Waals surface area (Å²) in [5, 5.41) is 2.99. The average molecular weight is 619 g/mol. The Hall–Kier alpha value is -1.70. The summed E-state index contributed by atoms with van der Waals surface area (Å²) < 4.78 is 1.40. The predicted molar refractivity (Wildman–Crippen MR) is 163 cm³/mol. The van der Waals surface area contributed by atoms with Crippen LogP contribution in [0.2, 0.25) is 0 Å². The molecule has 0 N–H and O–H groups in total. The monoisotopic (exact) mass is 616 g/mol. The van der Waals surface area contributed by atoms with E-state index in [0.717, 1.165) is 0 Å². The summed E-state index contributed by atoms with van der Waals surface area (Å²) in [5.41, 5.74) is 12.0. The molecule has 0 aromatic heterocycles. The van der Waals surface area contributed by atoms with E-state index in [2.05, 4.69) is 120 Å². The molecule has 0 saturated carbocycles. The van der Waals surface area contributed by atoms with Crippen molar-refractivity contribution >= 4 is 46.3 Å². The van der Waals surface area contributed by atoms with Gasteiger partial charge in [0, 0.05) is 0 Å². The zero-order valence-corrected chi connectivity index (χ0v) is 27.5. The second kappa shape index (κ2) is 9.20. The van der Waals surface area contributed by atoms with Crippen molar-refractivity contribution in [3.05, 3.63) is 107 Å². The first-order chi connectivity index (χ1) is 17.6. The van der Waals surface area contributed by atoms with Crippen molar-refractivity contribution in [1.29, 1.82) is 0 Å². The van der Waals surface area contributed by atoms with Gasteiger partial charge in [-0.3, -0.25) is 0 Å². The number of aryl methyl sites for hydroxylation is 1. The first kappa shape index (κ1) is 25.6. The van der Waals surface area contributed by atoms with E-state index < -0.39 is 27.4 Å². The van der Waals surface area contributed by atoms with Gasteiger partial charge in [0.15, 0.2) is 0 Å². The van der Waals surface area contributed by atoms with E-state index in [1.54, 1.807) is 0 Å². The van der Waals surface area contributed by atoms with E-state index in [1.165, 1.54) is 63.7 Å². The van der Waals surface area contributed by atoms with E-state index in [1.807, 2.05) is 0 Å². The Morgan fingerprint density at radius 3 is 2.16 bits per heavy atom. The van der Waals surface area contributed by atoms with Crippen LogP contribution in [0.3, 0.4) is 0 Å². The van der Waals surface area contributed by atoms with E-state index in [-0.39, 0.29) is 9.04 Å². The van der Waals surface area contributed by atoms with Gasteiger partial charge in [-0.2, -0.15) is 0 Å². The van der Waals surface area contributed by atoms with Gasteiger partial charge in [0.25, 0.3) is 0 Å². The Kier molecular flexibility index (Phi) is 6.36. The van der Waals surface area contributed by atoms with Gasteiger partial charge in [0.05, 0.1) is 0 Å². The van der Waals surface area contributed by atoms with Gasteiger partial charge < -0.3 is 0 Å². The fourth-order valence-corrected chi connectivity index (χ4v) is 23.6. The molecule has 4 heteroatoms. The van der Waals surface area contributed by atoms with Gasteiger partial charge in [-0.1, -0.05) is 0 Å². The van der Waals surface area contributed by atoms with E-state index >= 15 is 0 Å². The summed E-state index contributed by atoms with van der Waals surface area (Å²) in [6, 6.07) is 29.0. The zero-order chi connectivity index (χ0) is 26.1. The summed E-state index contributed by atoms with van der Waals surface area (Å²) in [6.45, 7) is 11.4. The van der Waals surface area contributed by atoms with E-state index in [9.17, 15) is 0 Å². The first-order valence-corrected chi connectivity index (χ1v) is 23.5. The molecular weight excluding hydrogens is 587 g/mol. The minimum atomic E-state index is -3.91. The SMILES string of the molecule is CC1=Cc2c(ccc(C(C)(C)C)c2-c2ccccc2C)[CH]1[Zr]([Cl])([Cl])[c]1cccc2c1[SiH2]c1ccccc1-2. The Morgan fingerprint density at radius 1 is 0.757 bits per heavy atom. The van der Waals surface area contributed by atoms with Crippen LogP contribution in [-0.4, -0.2) is 9.52 Å². The van der Waals surface area contributed by atoms with Crippen LogP contribution in [-0.2, 0) is 23.3 Å². The van der Waals surface area contributed by atoms with Crippen molar-refractivity contribution < 1.29 is 17.9 Å². The molecule has 1 heterocycles. The molecule has 0 amide bonds. The molecule has 0 fully saturated rings. The number of halogens is 2. The maximum atomic E-state index is 7.73. The number of benzene rings is 4. The van der Waals surface area contributed by atoms with Crippen LogP contribution < -0.4 is 13.6 Å². The van der Waals surface area contributed by atoms with Crippen molar-refractivity contribution in [2.45, 2.75) is 43.7 Å². The van der Waals surface area contributed by atoms with Crippen LogP contribution in [0.25, 0.3) is 28.3 Å². The number of hydrogen-bond donors (Lipinski definition) is 0. The number of fused-ring (bicyclic) bond motifs is 4. The zero-order valence-electron chi connectivity index (χ0n) is 22.1. The predicted octanol–water partition coefficient (Wildman–Crippen LogP) is 7.30. The summed E-state index contributed by atoms with van der Waals surface area (Å²) in [5.74, 6) is 0. The van der Waals surface area contributed by atoms with E-state index in [0.29, 0.717) is 0 Å². The topological polar surface area (TPSA) is 0 Å². The van der Waals surface area contributed by atoms with Gasteiger partial charge in [-0.25, -0.2) is 0 Å². The Bertz CT molecular complexity index is 1590. The third-order valence-electron chi connectivity index (χ3n) is 8.21. The van der Waals surface area contributed by atoms with Crippen molar-refractivity contribution in [3.8, 4) is 22.3 Å². The van der Waals surface area contributed by atoms with Gasteiger partial charge in [-0.15, -0.1) is 0 Å². The number of hydrogen-bond acceptors (Lipinski definition) is 0. The fourth-order valence-electron chi connectivity index (χ4n) is 6.47. The second-order valence-corrected chi connectivity index (χ2v) is 27.5. The molecule has 1 atom stereocenters. The normalized spacial score (nSPS) is 16.9. The molecule has 0 bridgehead atoms. The molecule has 1 unspecified atom stereocenters. The molecule has 4 aromatic rings. The quantitative estimate of drug-likeness (QED) is 0.186. The van der Waals surface area contributed by atoms with Crippen molar-refractivity contribution in [3.63, 3.8) is 0 Å². The first-order valence-electron chi connectivity index (χ1n) is 13.1. The van der Waals surface area contributed by atoms with Crippen LogP contribution in [0.4, 0.5) is 0 Å². The van der Waals surface area contributed by atoms with Gasteiger partial charge in [0.1, 0.15) is 0 Å². The molecule has 0 nitrogen and oxygen atoms in total. The van der Waals surface area contributed by atoms with Crippen LogP contribution in [0.1, 0.15) is 53.6 Å². The molecule has 0 radical (unpaired) electrons. The standard InChI is InChI=1S/C21H23.C12H9Si.2ClH.Zr/c1-14-12-16-10-11-19(21(3,4)5)20(18(16)13-14)17-9-7-6-8-15(17)2;1-3-7-11-9(5-1)10-6-2-4-8-12(10)13-11;;;/h6-13H,1-5H3;1-7H,13H2;2*1H;/q;;;;+2/p-2. The average Bonchev–Trinajstić information content (AvgIpc) is 3.40. The Balaban J connectivity index is 1.54. The fraction of sp³-hybridized carbons (Fsp3) is 0.212. The molecule has 186 valence electrons.